The second kappa shape index (κ2) is 5.00. The Hall–Kier alpha value is -0.520. The molecule has 0 aromatic carbocycles. The summed E-state index contributed by atoms with van der Waals surface area (Å²) in [6, 6.07) is 1.91. The topological polar surface area (TPSA) is 49.3 Å². The molecule has 1 aromatic rings. The lowest BCUT2D eigenvalue weighted by molar-refractivity contribution is 0.0614. The first-order valence-electron chi connectivity index (χ1n) is 5.65. The number of nitrogens with one attached hydrogen (secondary N) is 1. The Bertz CT molecular complexity index is 403. The van der Waals surface area contributed by atoms with Crippen LogP contribution in [0.15, 0.2) is 6.07 Å². The molecule has 17 heavy (non-hydrogen) atoms. The number of aliphatic hydroxyl groups is 1. The summed E-state index contributed by atoms with van der Waals surface area (Å²) in [4.78, 5) is 13.8. The molecule has 5 heteroatoms. The molecule has 1 aliphatic rings. The summed E-state index contributed by atoms with van der Waals surface area (Å²) in [5.41, 5.74) is 0.442. The van der Waals surface area contributed by atoms with Crippen molar-refractivity contribution in [2.45, 2.75) is 25.9 Å². The number of thiophene rings is 1. The molecule has 1 saturated heterocycles. The molecular formula is C12H17NO2S2. The number of hydrogen-bond donors (Lipinski definition) is 2. The summed E-state index contributed by atoms with van der Waals surface area (Å²) >= 11 is 3.24. The minimum Gasteiger partial charge on any atom is -0.387 e. The van der Waals surface area contributed by atoms with Crippen molar-refractivity contribution >= 4 is 29.0 Å². The zero-order chi connectivity index (χ0) is 12.5. The molecule has 3 nitrogen and oxygen atoms in total. The summed E-state index contributed by atoms with van der Waals surface area (Å²) in [7, 11) is 0. The summed E-state index contributed by atoms with van der Waals surface area (Å²) in [5.74, 6) is 1.62. The normalized spacial score (nSPS) is 23.9. The van der Waals surface area contributed by atoms with Gasteiger partial charge in [-0.2, -0.15) is 11.8 Å². The molecule has 1 unspecified atom stereocenters. The van der Waals surface area contributed by atoms with Crippen LogP contribution in [-0.4, -0.2) is 34.7 Å². The molecule has 1 amide bonds. The Morgan fingerprint density at radius 2 is 2.35 bits per heavy atom. The molecule has 2 heterocycles. The van der Waals surface area contributed by atoms with Crippen molar-refractivity contribution in [3.63, 3.8) is 0 Å². The van der Waals surface area contributed by atoms with Gasteiger partial charge < -0.3 is 10.4 Å². The monoisotopic (exact) mass is 271 g/mol. The van der Waals surface area contributed by atoms with Crippen LogP contribution >= 0.6 is 23.1 Å². The molecule has 1 aromatic heterocycles. The Balaban J connectivity index is 1.93. The van der Waals surface area contributed by atoms with Crippen LogP contribution in [0.3, 0.4) is 0 Å². The Morgan fingerprint density at radius 3 is 2.88 bits per heavy atom. The van der Waals surface area contributed by atoms with Gasteiger partial charge in [-0.05, 0) is 37.7 Å². The molecule has 1 atom stereocenters. The molecule has 94 valence electrons. The van der Waals surface area contributed by atoms with Gasteiger partial charge in [-0.25, -0.2) is 0 Å². The summed E-state index contributed by atoms with van der Waals surface area (Å²) < 4.78 is 0. The molecule has 2 N–H and O–H groups in total. The van der Waals surface area contributed by atoms with Crippen LogP contribution in [-0.2, 0) is 0 Å². The van der Waals surface area contributed by atoms with Gasteiger partial charge in [0.05, 0.1) is 10.5 Å². The van der Waals surface area contributed by atoms with Crippen LogP contribution in [0.5, 0.6) is 0 Å². The largest absolute Gasteiger partial charge is 0.387 e. The average molecular weight is 271 g/mol. The molecule has 1 fully saturated rings. The summed E-state index contributed by atoms with van der Waals surface area (Å²) in [6.07, 6.45) is 0.764. The zero-order valence-electron chi connectivity index (χ0n) is 10.1. The van der Waals surface area contributed by atoms with E-state index < -0.39 is 5.60 Å². The van der Waals surface area contributed by atoms with Gasteiger partial charge in [0.15, 0.2) is 0 Å². The third-order valence-electron chi connectivity index (χ3n) is 3.05. The Kier molecular flexibility index (Phi) is 3.80. The maximum atomic E-state index is 11.9. The van der Waals surface area contributed by atoms with E-state index in [2.05, 4.69) is 5.32 Å². The van der Waals surface area contributed by atoms with E-state index in [1.54, 1.807) is 11.8 Å². The predicted octanol–water partition coefficient (Wildman–Crippen LogP) is 1.96. The number of hydrogen-bond acceptors (Lipinski definition) is 4. The first kappa shape index (κ1) is 12.9. The van der Waals surface area contributed by atoms with E-state index in [0.29, 0.717) is 6.54 Å². The van der Waals surface area contributed by atoms with Gasteiger partial charge in [-0.15, -0.1) is 11.3 Å². The number of carbonyl (C=O) groups excluding carboxylic acids is 1. The molecule has 0 spiro atoms. The van der Waals surface area contributed by atoms with Gasteiger partial charge in [0.1, 0.15) is 0 Å². The lowest BCUT2D eigenvalue weighted by Crippen LogP contribution is -2.42. The highest BCUT2D eigenvalue weighted by Crippen LogP contribution is 2.27. The van der Waals surface area contributed by atoms with E-state index in [1.165, 1.54) is 16.2 Å². The lowest BCUT2D eigenvalue weighted by atomic mass is 10.0. The first-order chi connectivity index (χ1) is 8.00. The summed E-state index contributed by atoms with van der Waals surface area (Å²) in [5, 5.41) is 12.9. The highest BCUT2D eigenvalue weighted by molar-refractivity contribution is 7.99. The molecule has 0 bridgehead atoms. The number of amides is 1. The van der Waals surface area contributed by atoms with Gasteiger partial charge in [0.2, 0.25) is 0 Å². The maximum absolute atomic E-state index is 11.9. The molecule has 2 rings (SSSR count). The van der Waals surface area contributed by atoms with Crippen LogP contribution in [0.2, 0.25) is 0 Å². The number of carbonyl (C=O) groups is 1. The Morgan fingerprint density at radius 1 is 1.59 bits per heavy atom. The highest BCUT2D eigenvalue weighted by Gasteiger charge is 2.32. The van der Waals surface area contributed by atoms with E-state index in [-0.39, 0.29) is 5.91 Å². The van der Waals surface area contributed by atoms with E-state index in [9.17, 15) is 9.90 Å². The van der Waals surface area contributed by atoms with Crippen LogP contribution < -0.4 is 5.32 Å². The number of thioether (sulfide) groups is 1. The van der Waals surface area contributed by atoms with E-state index in [4.69, 9.17) is 0 Å². The number of rotatable bonds is 3. The van der Waals surface area contributed by atoms with Gasteiger partial charge in [0.25, 0.3) is 5.91 Å². The highest BCUT2D eigenvalue weighted by atomic mass is 32.2. The van der Waals surface area contributed by atoms with Gasteiger partial charge in [0, 0.05) is 17.2 Å². The van der Waals surface area contributed by atoms with E-state index >= 15 is 0 Å². The SMILES string of the molecule is Cc1cc(C(=O)NCC2(O)CCSC2)sc1C. The molecular weight excluding hydrogens is 254 g/mol. The number of aryl methyl sites for hydroxylation is 2. The first-order valence-corrected chi connectivity index (χ1v) is 7.63. The van der Waals surface area contributed by atoms with Crippen LogP contribution in [0, 0.1) is 13.8 Å². The van der Waals surface area contributed by atoms with E-state index in [1.807, 2.05) is 19.9 Å². The van der Waals surface area contributed by atoms with Crippen molar-refractivity contribution in [2.75, 3.05) is 18.1 Å². The lowest BCUT2D eigenvalue weighted by Gasteiger charge is -2.21. The zero-order valence-corrected chi connectivity index (χ0v) is 11.7. The quantitative estimate of drug-likeness (QED) is 0.883. The third kappa shape index (κ3) is 3.03. The van der Waals surface area contributed by atoms with Crippen LogP contribution in [0.4, 0.5) is 0 Å². The second-order valence-corrected chi connectivity index (χ2v) is 6.92. The maximum Gasteiger partial charge on any atom is 0.261 e. The van der Waals surface area contributed by atoms with Gasteiger partial charge >= 0.3 is 0 Å². The van der Waals surface area contributed by atoms with Crippen molar-refractivity contribution < 1.29 is 9.90 Å². The third-order valence-corrected chi connectivity index (χ3v) is 5.44. The minimum absolute atomic E-state index is 0.0727. The van der Waals surface area contributed by atoms with Crippen molar-refractivity contribution in [2.24, 2.45) is 0 Å². The average Bonchev–Trinajstić information content (AvgIpc) is 2.85. The molecule has 0 saturated carbocycles. The van der Waals surface area contributed by atoms with Crippen molar-refractivity contribution in [1.82, 2.24) is 5.32 Å². The fourth-order valence-corrected chi connectivity index (χ4v) is 4.00. The van der Waals surface area contributed by atoms with Crippen molar-refractivity contribution in [1.29, 1.82) is 0 Å². The fraction of sp³-hybridized carbons (Fsp3) is 0.583. The predicted molar refractivity (Wildman–Crippen MR) is 73.0 cm³/mol. The standard InChI is InChI=1S/C12H17NO2S2/c1-8-5-10(17-9(8)2)11(14)13-6-12(15)3-4-16-7-12/h5,15H,3-4,6-7H2,1-2H3,(H,13,14). The van der Waals surface area contributed by atoms with Crippen molar-refractivity contribution in [3.05, 3.63) is 21.4 Å². The van der Waals surface area contributed by atoms with Crippen LogP contribution in [0.25, 0.3) is 0 Å². The smallest absolute Gasteiger partial charge is 0.261 e. The fourth-order valence-electron chi connectivity index (χ4n) is 1.75. The van der Waals surface area contributed by atoms with Gasteiger partial charge in [-0.3, -0.25) is 4.79 Å². The van der Waals surface area contributed by atoms with Crippen molar-refractivity contribution in [3.8, 4) is 0 Å². The molecule has 0 radical (unpaired) electrons. The Labute approximate surface area is 110 Å². The van der Waals surface area contributed by atoms with Gasteiger partial charge in [-0.1, -0.05) is 0 Å². The van der Waals surface area contributed by atoms with Crippen LogP contribution in [0.1, 0.15) is 26.5 Å². The molecule has 0 aliphatic carbocycles. The van der Waals surface area contributed by atoms with E-state index in [0.717, 1.165) is 28.4 Å². The minimum atomic E-state index is -0.707. The second-order valence-electron chi connectivity index (χ2n) is 4.56. The summed E-state index contributed by atoms with van der Waals surface area (Å²) in [6.45, 7) is 4.37. The molecule has 1 aliphatic heterocycles.